The molecule has 0 saturated heterocycles. The number of aliphatic carboxylic acids is 1. The molecule has 0 radical (unpaired) electrons. The van der Waals surface area contributed by atoms with Crippen molar-refractivity contribution in [3.8, 4) is 5.75 Å². The molecule has 8 heteroatoms. The van der Waals surface area contributed by atoms with Gasteiger partial charge >= 0.3 is 5.97 Å². The zero-order chi connectivity index (χ0) is 22.3. The summed E-state index contributed by atoms with van der Waals surface area (Å²) >= 11 is 12.8. The van der Waals surface area contributed by atoms with E-state index in [-0.39, 0.29) is 18.1 Å². The smallest absolute Gasteiger partial charge is 0.323 e. The highest BCUT2D eigenvalue weighted by molar-refractivity contribution is 6.35. The number of hydrogen-bond acceptors (Lipinski definition) is 5. The number of carbonyl (C=O) groups excluding carboxylic acids is 2. The molecule has 0 atom stereocenters. The van der Waals surface area contributed by atoms with E-state index < -0.39 is 11.9 Å². The minimum absolute atomic E-state index is 0.0786. The van der Waals surface area contributed by atoms with E-state index in [1.54, 1.807) is 17.0 Å². The van der Waals surface area contributed by atoms with Crippen LogP contribution in [0, 0.1) is 0 Å². The predicted molar refractivity (Wildman–Crippen MR) is 116 cm³/mol. The van der Waals surface area contributed by atoms with Gasteiger partial charge in [0.1, 0.15) is 12.3 Å². The van der Waals surface area contributed by atoms with Gasteiger partial charge in [-0.1, -0.05) is 23.2 Å². The second-order valence-corrected chi connectivity index (χ2v) is 8.77. The van der Waals surface area contributed by atoms with Gasteiger partial charge in [0.15, 0.2) is 11.6 Å². The number of carbonyl (C=O) groups is 3. The van der Waals surface area contributed by atoms with Crippen LogP contribution in [0.15, 0.2) is 34.7 Å². The Bertz CT molecular complexity index is 999. The Morgan fingerprint density at radius 3 is 2.16 bits per heavy atom. The second-order valence-electron chi connectivity index (χ2n) is 7.93. The Morgan fingerprint density at radius 1 is 1.06 bits per heavy atom. The highest BCUT2D eigenvalue weighted by Crippen LogP contribution is 2.52. The molecule has 0 unspecified atom stereocenters. The molecule has 1 aromatic carbocycles. The Morgan fingerprint density at radius 2 is 1.65 bits per heavy atom. The molecule has 164 valence electrons. The molecule has 2 aliphatic carbocycles. The lowest BCUT2D eigenvalue weighted by Gasteiger charge is -2.43. The molecule has 1 N–H and O–H groups in total. The monoisotopic (exact) mass is 463 g/mol. The summed E-state index contributed by atoms with van der Waals surface area (Å²) in [4.78, 5) is 39.7. The van der Waals surface area contributed by atoms with E-state index in [0.717, 1.165) is 0 Å². The first kappa shape index (κ1) is 21.9. The number of rotatable bonds is 5. The van der Waals surface area contributed by atoms with Crippen LogP contribution in [0.2, 0.25) is 10.0 Å². The predicted octanol–water partition coefficient (Wildman–Crippen LogP) is 4.89. The van der Waals surface area contributed by atoms with Crippen molar-refractivity contribution >= 4 is 40.7 Å². The topological polar surface area (TPSA) is 83.9 Å². The van der Waals surface area contributed by atoms with E-state index >= 15 is 0 Å². The fraction of sp³-hybridized carbons (Fsp3) is 0.435. The van der Waals surface area contributed by atoms with Gasteiger partial charge in [-0.15, -0.1) is 0 Å². The molecule has 31 heavy (non-hydrogen) atoms. The van der Waals surface area contributed by atoms with Gasteiger partial charge in [-0.3, -0.25) is 14.4 Å². The summed E-state index contributed by atoms with van der Waals surface area (Å²) < 4.78 is 5.83. The Kier molecular flexibility index (Phi) is 6.13. The van der Waals surface area contributed by atoms with Crippen LogP contribution in [-0.4, -0.2) is 40.7 Å². The maximum atomic E-state index is 13.2. The van der Waals surface area contributed by atoms with Crippen molar-refractivity contribution in [1.29, 1.82) is 0 Å². The number of halogens is 2. The number of Topliss-reactive ketones (excluding diaryl/α,β-unsaturated/α-hetero) is 2. The lowest BCUT2D eigenvalue weighted by Crippen LogP contribution is -2.41. The van der Waals surface area contributed by atoms with Crippen molar-refractivity contribution < 1.29 is 24.2 Å². The van der Waals surface area contributed by atoms with Crippen LogP contribution in [0.5, 0.6) is 5.75 Å². The van der Waals surface area contributed by atoms with Crippen molar-refractivity contribution in [3.63, 3.8) is 0 Å². The number of carboxylic acids is 1. The molecule has 1 aliphatic heterocycles. The van der Waals surface area contributed by atoms with Crippen molar-refractivity contribution in [2.45, 2.75) is 51.4 Å². The van der Waals surface area contributed by atoms with Crippen LogP contribution < -0.4 is 4.74 Å². The quantitative estimate of drug-likeness (QED) is 0.668. The summed E-state index contributed by atoms with van der Waals surface area (Å²) in [6.45, 7) is 1.91. The molecule has 1 heterocycles. The van der Waals surface area contributed by atoms with E-state index in [1.807, 2.05) is 6.92 Å². The van der Waals surface area contributed by atoms with Crippen molar-refractivity contribution in [1.82, 2.24) is 4.90 Å². The highest BCUT2D eigenvalue weighted by Gasteiger charge is 2.44. The van der Waals surface area contributed by atoms with Gasteiger partial charge in [-0.25, -0.2) is 0 Å². The van der Waals surface area contributed by atoms with Crippen LogP contribution >= 0.6 is 23.2 Å². The zero-order valence-corrected chi connectivity index (χ0v) is 18.7. The van der Waals surface area contributed by atoms with E-state index in [1.165, 1.54) is 0 Å². The first-order valence-electron chi connectivity index (χ1n) is 10.5. The maximum Gasteiger partial charge on any atom is 0.323 e. The van der Waals surface area contributed by atoms with Gasteiger partial charge in [-0.2, -0.15) is 0 Å². The molecule has 3 aliphatic rings. The first-order chi connectivity index (χ1) is 14.8. The average Bonchev–Trinajstić information content (AvgIpc) is 2.70. The van der Waals surface area contributed by atoms with Gasteiger partial charge < -0.3 is 14.7 Å². The SMILES string of the molecule is CCOc1c(Cl)cc(Cl)cc1C1C2=C(CCCC2=O)N(CC(=O)O)C2=C1C(=O)CCC2. The molecule has 0 amide bonds. The van der Waals surface area contributed by atoms with Crippen LogP contribution in [0.4, 0.5) is 0 Å². The van der Waals surface area contributed by atoms with Crippen molar-refractivity contribution in [3.05, 3.63) is 50.3 Å². The maximum absolute atomic E-state index is 13.2. The fourth-order valence-corrected chi connectivity index (χ4v) is 5.51. The molecule has 1 aromatic rings. The molecule has 0 bridgehead atoms. The number of ketones is 2. The van der Waals surface area contributed by atoms with Crippen LogP contribution in [0.25, 0.3) is 0 Å². The first-order valence-corrected chi connectivity index (χ1v) is 11.2. The van der Waals surface area contributed by atoms with E-state index in [9.17, 15) is 19.5 Å². The molecule has 0 fully saturated rings. The zero-order valence-electron chi connectivity index (χ0n) is 17.2. The molecule has 4 rings (SSSR count). The Hall–Kier alpha value is -2.31. The molecule has 0 saturated carbocycles. The summed E-state index contributed by atoms with van der Waals surface area (Å²) in [7, 11) is 0. The third-order valence-electron chi connectivity index (χ3n) is 6.02. The number of ether oxygens (including phenoxy) is 1. The van der Waals surface area contributed by atoms with Gasteiger partial charge in [0.25, 0.3) is 0 Å². The van der Waals surface area contributed by atoms with Gasteiger partial charge in [-0.05, 0) is 44.7 Å². The molecule has 6 nitrogen and oxygen atoms in total. The van der Waals surface area contributed by atoms with E-state index in [4.69, 9.17) is 27.9 Å². The number of hydrogen-bond donors (Lipinski definition) is 1. The van der Waals surface area contributed by atoms with Crippen LogP contribution in [0.1, 0.15) is 56.9 Å². The van der Waals surface area contributed by atoms with Gasteiger partial charge in [0.2, 0.25) is 0 Å². The van der Waals surface area contributed by atoms with E-state index in [0.29, 0.717) is 89.0 Å². The lowest BCUT2D eigenvalue weighted by molar-refractivity contribution is -0.138. The standard InChI is InChI=1S/C23H23Cl2NO5/c1-2-31-23-13(9-12(24)10-14(23)25)20-21-15(5-3-7-17(21)27)26(11-19(29)30)16-6-4-8-18(28)22(16)20/h9-10,20H,2-8,11H2,1H3,(H,29,30). The minimum Gasteiger partial charge on any atom is -0.492 e. The average molecular weight is 464 g/mol. The highest BCUT2D eigenvalue weighted by atomic mass is 35.5. The number of allylic oxidation sites excluding steroid dienone is 4. The number of benzene rings is 1. The third kappa shape index (κ3) is 3.87. The van der Waals surface area contributed by atoms with Gasteiger partial charge in [0, 0.05) is 51.9 Å². The van der Waals surface area contributed by atoms with Crippen molar-refractivity contribution in [2.75, 3.05) is 13.2 Å². The Balaban J connectivity index is 2.02. The summed E-state index contributed by atoms with van der Waals surface area (Å²) in [5.74, 6) is -1.42. The molecule has 0 aromatic heterocycles. The van der Waals surface area contributed by atoms with Crippen molar-refractivity contribution in [2.24, 2.45) is 0 Å². The summed E-state index contributed by atoms with van der Waals surface area (Å²) in [5.41, 5.74) is 2.91. The fourth-order valence-electron chi connectivity index (χ4n) is 4.94. The van der Waals surface area contributed by atoms with Gasteiger partial charge in [0.05, 0.1) is 11.6 Å². The van der Waals surface area contributed by atoms with E-state index in [2.05, 4.69) is 0 Å². The lowest BCUT2D eigenvalue weighted by atomic mass is 9.70. The summed E-state index contributed by atoms with van der Waals surface area (Å²) in [6, 6.07) is 3.28. The molecule has 0 spiro atoms. The second kappa shape index (κ2) is 8.67. The number of nitrogens with zero attached hydrogens (tertiary/aromatic N) is 1. The molecular formula is C23H23Cl2NO5. The largest absolute Gasteiger partial charge is 0.492 e. The number of carboxylic acid groups (broad SMARTS) is 1. The van der Waals surface area contributed by atoms with Crippen LogP contribution in [0.3, 0.4) is 0 Å². The van der Waals surface area contributed by atoms with Crippen LogP contribution in [-0.2, 0) is 14.4 Å². The summed E-state index contributed by atoms with van der Waals surface area (Å²) in [6.07, 6.45) is 3.15. The third-order valence-corrected chi connectivity index (χ3v) is 6.52. The minimum atomic E-state index is -1.01. The normalized spacial score (nSPS) is 19.5. The summed E-state index contributed by atoms with van der Waals surface area (Å²) in [5, 5.41) is 10.2. The Labute approximate surface area is 190 Å². The molecular weight excluding hydrogens is 441 g/mol.